The number of thioether (sulfide) groups is 1. The van der Waals surface area contributed by atoms with Crippen molar-refractivity contribution in [3.8, 4) is 10.7 Å². The first kappa shape index (κ1) is 21.0. The molecule has 3 unspecified atom stereocenters. The molecule has 29 heavy (non-hydrogen) atoms. The van der Waals surface area contributed by atoms with Gasteiger partial charge in [-0.1, -0.05) is 40.2 Å². The first-order chi connectivity index (χ1) is 14.0. The third-order valence-electron chi connectivity index (χ3n) is 4.45. The van der Waals surface area contributed by atoms with Crippen LogP contribution in [0.4, 0.5) is 0 Å². The van der Waals surface area contributed by atoms with E-state index in [1.165, 1.54) is 16.0 Å². The van der Waals surface area contributed by atoms with Crippen LogP contribution in [0.5, 0.6) is 0 Å². The van der Waals surface area contributed by atoms with E-state index in [0.717, 1.165) is 11.8 Å². The van der Waals surface area contributed by atoms with Gasteiger partial charge in [-0.3, -0.25) is 0 Å². The van der Waals surface area contributed by atoms with Gasteiger partial charge in [0.2, 0.25) is 0 Å². The number of aliphatic hydroxyl groups is 3. The Morgan fingerprint density at radius 3 is 2.79 bits per heavy atom. The van der Waals surface area contributed by atoms with Gasteiger partial charge >= 0.3 is 0 Å². The van der Waals surface area contributed by atoms with Gasteiger partial charge in [-0.15, -0.1) is 16.4 Å². The van der Waals surface area contributed by atoms with Gasteiger partial charge in [0.1, 0.15) is 40.5 Å². The average Bonchev–Trinajstić information content (AvgIpc) is 3.38. The molecule has 4 rings (SSSR count). The zero-order chi connectivity index (χ0) is 20.5. The SMILES string of the molecule is OCC1O[C@H](Sc2cc(Cl)ccc2Cl)C(O)C(n2cc(-c3nccs3)nn2)[C@H]1O. The molecule has 0 amide bonds. The number of halogens is 2. The number of aliphatic hydroxyl groups excluding tert-OH is 3. The molecule has 3 N–H and O–H groups in total. The number of aromatic nitrogens is 4. The minimum absolute atomic E-state index is 0.432. The highest BCUT2D eigenvalue weighted by Crippen LogP contribution is 2.41. The van der Waals surface area contributed by atoms with E-state index in [2.05, 4.69) is 15.3 Å². The zero-order valence-electron chi connectivity index (χ0n) is 14.7. The Bertz CT molecular complexity index is 974. The fourth-order valence-corrected chi connectivity index (χ4v) is 5.24. The van der Waals surface area contributed by atoms with Gasteiger partial charge in [-0.05, 0) is 18.2 Å². The highest BCUT2D eigenvalue weighted by molar-refractivity contribution is 8.00. The quantitative estimate of drug-likeness (QED) is 0.516. The van der Waals surface area contributed by atoms with Crippen LogP contribution in [-0.4, -0.2) is 65.7 Å². The van der Waals surface area contributed by atoms with Crippen molar-refractivity contribution in [1.29, 1.82) is 0 Å². The minimum atomic E-state index is -1.20. The molecule has 1 saturated heterocycles. The number of nitrogens with zero attached hydrogens (tertiary/aromatic N) is 4. The standard InChI is InChI=1S/C17H16Cl2N4O4S2/c18-8-1-2-9(19)12(5-8)29-17-15(26)13(14(25)11(7-24)27-17)23-6-10(21-22-23)16-20-3-4-28-16/h1-6,11,13-15,17,24-26H,7H2/t11?,13?,14-,15?,17+/m0/s1. The van der Waals surface area contributed by atoms with Crippen molar-refractivity contribution in [1.82, 2.24) is 20.0 Å². The Balaban J connectivity index is 1.63. The van der Waals surface area contributed by atoms with Gasteiger partial charge in [0.25, 0.3) is 0 Å². The molecule has 0 bridgehead atoms. The normalized spacial score (nSPS) is 27.3. The second-order valence-corrected chi connectivity index (χ2v) is 9.19. The second-order valence-electron chi connectivity index (χ2n) is 6.31. The molecule has 8 nitrogen and oxygen atoms in total. The van der Waals surface area contributed by atoms with Gasteiger partial charge in [-0.2, -0.15) is 0 Å². The lowest BCUT2D eigenvalue weighted by Crippen LogP contribution is -2.55. The number of thiazole rings is 1. The van der Waals surface area contributed by atoms with E-state index in [9.17, 15) is 15.3 Å². The van der Waals surface area contributed by atoms with Crippen LogP contribution in [0.3, 0.4) is 0 Å². The summed E-state index contributed by atoms with van der Waals surface area (Å²) in [6.45, 7) is -0.432. The maximum Gasteiger partial charge on any atom is 0.145 e. The van der Waals surface area contributed by atoms with Crippen LogP contribution in [0.2, 0.25) is 10.0 Å². The third kappa shape index (κ3) is 4.30. The predicted octanol–water partition coefficient (Wildman–Crippen LogP) is 2.48. The van der Waals surface area contributed by atoms with Gasteiger partial charge in [0.05, 0.1) is 17.8 Å². The van der Waals surface area contributed by atoms with Gasteiger partial charge in [0, 0.05) is 21.5 Å². The Kier molecular flexibility index (Phi) is 6.42. The minimum Gasteiger partial charge on any atom is -0.394 e. The summed E-state index contributed by atoms with van der Waals surface area (Å²) < 4.78 is 7.11. The van der Waals surface area contributed by atoms with Crippen LogP contribution in [0, 0.1) is 0 Å². The molecule has 1 fully saturated rings. The van der Waals surface area contributed by atoms with E-state index in [-0.39, 0.29) is 0 Å². The Hall–Kier alpha value is -1.24. The Morgan fingerprint density at radius 2 is 2.07 bits per heavy atom. The van der Waals surface area contributed by atoms with Gasteiger partial charge in [0.15, 0.2) is 0 Å². The molecule has 0 spiro atoms. The molecule has 1 aromatic carbocycles. The maximum atomic E-state index is 11.0. The summed E-state index contributed by atoms with van der Waals surface area (Å²) in [5.74, 6) is 0. The number of benzene rings is 1. The van der Waals surface area contributed by atoms with Crippen LogP contribution in [0.15, 0.2) is 40.9 Å². The lowest BCUT2D eigenvalue weighted by atomic mass is 9.97. The topological polar surface area (TPSA) is 114 Å². The van der Waals surface area contributed by atoms with E-state index in [1.54, 1.807) is 30.6 Å². The highest BCUT2D eigenvalue weighted by atomic mass is 35.5. The largest absolute Gasteiger partial charge is 0.394 e. The van der Waals surface area contributed by atoms with E-state index in [4.69, 9.17) is 27.9 Å². The molecule has 1 aliphatic rings. The van der Waals surface area contributed by atoms with Crippen molar-refractivity contribution in [3.63, 3.8) is 0 Å². The number of rotatable bonds is 5. The Labute approximate surface area is 184 Å². The number of hydrogen-bond acceptors (Lipinski definition) is 9. The molecule has 154 valence electrons. The molecule has 0 saturated carbocycles. The summed E-state index contributed by atoms with van der Waals surface area (Å²) in [4.78, 5) is 4.79. The smallest absolute Gasteiger partial charge is 0.145 e. The van der Waals surface area contributed by atoms with Crippen molar-refractivity contribution >= 4 is 46.3 Å². The maximum absolute atomic E-state index is 11.0. The van der Waals surface area contributed by atoms with Crippen LogP contribution < -0.4 is 0 Å². The van der Waals surface area contributed by atoms with Crippen molar-refractivity contribution in [2.24, 2.45) is 0 Å². The molecule has 0 radical (unpaired) electrons. The zero-order valence-corrected chi connectivity index (χ0v) is 17.8. The third-order valence-corrected chi connectivity index (χ3v) is 7.14. The first-order valence-corrected chi connectivity index (χ1v) is 11.1. The van der Waals surface area contributed by atoms with Crippen molar-refractivity contribution in [3.05, 3.63) is 46.0 Å². The average molecular weight is 475 g/mol. The van der Waals surface area contributed by atoms with E-state index < -0.39 is 36.4 Å². The fourth-order valence-electron chi connectivity index (χ4n) is 3.04. The monoisotopic (exact) mass is 474 g/mol. The van der Waals surface area contributed by atoms with E-state index in [1.807, 2.05) is 5.38 Å². The molecule has 5 atom stereocenters. The summed E-state index contributed by atoms with van der Waals surface area (Å²) in [7, 11) is 0. The van der Waals surface area contributed by atoms with Crippen molar-refractivity contribution in [2.45, 2.75) is 34.7 Å². The molecule has 3 aromatic rings. The number of hydrogen-bond donors (Lipinski definition) is 3. The summed E-state index contributed by atoms with van der Waals surface area (Å²) in [5, 5.41) is 42.9. The molecular weight excluding hydrogens is 459 g/mol. The fraction of sp³-hybridized carbons (Fsp3) is 0.353. The molecular formula is C17H16Cl2N4O4S2. The molecule has 12 heteroatoms. The first-order valence-electron chi connectivity index (χ1n) is 8.54. The molecule has 0 aliphatic carbocycles. The van der Waals surface area contributed by atoms with Crippen molar-refractivity contribution < 1.29 is 20.1 Å². The lowest BCUT2D eigenvalue weighted by Gasteiger charge is -2.41. The summed E-state index contributed by atoms with van der Waals surface area (Å²) >= 11 is 14.8. The van der Waals surface area contributed by atoms with Crippen molar-refractivity contribution in [2.75, 3.05) is 6.61 Å². The Morgan fingerprint density at radius 1 is 1.24 bits per heavy atom. The molecule has 1 aliphatic heterocycles. The summed E-state index contributed by atoms with van der Waals surface area (Å²) in [6, 6.07) is 4.08. The number of ether oxygens (including phenoxy) is 1. The van der Waals surface area contributed by atoms with E-state index in [0.29, 0.717) is 25.6 Å². The molecule has 3 heterocycles. The summed E-state index contributed by atoms with van der Waals surface area (Å²) in [5.41, 5.74) is -0.308. The lowest BCUT2D eigenvalue weighted by molar-refractivity contribution is -0.178. The van der Waals surface area contributed by atoms with Gasteiger partial charge in [-0.25, -0.2) is 9.67 Å². The summed E-state index contributed by atoms with van der Waals surface area (Å²) in [6.07, 6.45) is -0.0398. The molecule has 2 aromatic heterocycles. The highest BCUT2D eigenvalue weighted by Gasteiger charge is 2.46. The van der Waals surface area contributed by atoms with Crippen LogP contribution in [0.25, 0.3) is 10.7 Å². The van der Waals surface area contributed by atoms with E-state index >= 15 is 0 Å². The van der Waals surface area contributed by atoms with Crippen LogP contribution >= 0.6 is 46.3 Å². The van der Waals surface area contributed by atoms with Gasteiger partial charge < -0.3 is 20.1 Å². The predicted molar refractivity (Wildman–Crippen MR) is 110 cm³/mol. The van der Waals surface area contributed by atoms with Crippen LogP contribution in [0.1, 0.15) is 6.04 Å². The van der Waals surface area contributed by atoms with Crippen LogP contribution in [-0.2, 0) is 4.74 Å². The second kappa shape index (κ2) is 8.86.